The van der Waals surface area contributed by atoms with E-state index in [9.17, 15) is 0 Å². The second-order valence-electron chi connectivity index (χ2n) is 5.23. The van der Waals surface area contributed by atoms with Crippen LogP contribution in [0.15, 0.2) is 11.4 Å². The number of nitrogens with two attached hydrogens (primary N) is 2. The molecule has 1 rings (SSSR count). The fourth-order valence-electron chi connectivity index (χ4n) is 1.77. The predicted octanol–water partition coefficient (Wildman–Crippen LogP) is 2.50. The number of hydrazine groups is 1. The summed E-state index contributed by atoms with van der Waals surface area (Å²) in [6.45, 7) is 10.1. The molecule has 0 radical (unpaired) electrons. The zero-order chi connectivity index (χ0) is 13.5. The Hall–Kier alpha value is -1.14. The maximum atomic E-state index is 5.66. The van der Waals surface area contributed by atoms with Crippen LogP contribution in [0.2, 0.25) is 0 Å². The lowest BCUT2D eigenvalue weighted by Gasteiger charge is -2.09. The summed E-state index contributed by atoms with van der Waals surface area (Å²) in [5, 5.41) is 0. The lowest BCUT2D eigenvalue weighted by Crippen LogP contribution is -2.24. The van der Waals surface area contributed by atoms with Gasteiger partial charge in [-0.15, -0.1) is 11.8 Å². The van der Waals surface area contributed by atoms with Crippen LogP contribution in [-0.4, -0.2) is 0 Å². The zero-order valence-electron chi connectivity index (χ0n) is 11.9. The van der Waals surface area contributed by atoms with Crippen LogP contribution in [0, 0.1) is 23.2 Å². The van der Waals surface area contributed by atoms with Gasteiger partial charge in [0.15, 0.2) is 0 Å². The minimum atomic E-state index is 0.558. The van der Waals surface area contributed by atoms with Gasteiger partial charge in [-0.05, 0) is 51.4 Å². The Bertz CT molecular complexity index is 308. The molecule has 3 nitrogen and oxygen atoms in total. The van der Waals surface area contributed by atoms with Gasteiger partial charge in [0.2, 0.25) is 0 Å². The fourth-order valence-corrected chi connectivity index (χ4v) is 1.77. The Morgan fingerprint density at radius 3 is 2.06 bits per heavy atom. The van der Waals surface area contributed by atoms with E-state index in [-0.39, 0.29) is 0 Å². The highest BCUT2D eigenvalue weighted by Crippen LogP contribution is 2.54. The highest BCUT2D eigenvalue weighted by molar-refractivity contribution is 5.07. The summed E-state index contributed by atoms with van der Waals surface area (Å²) < 4.78 is 0. The average molecular weight is 237 g/mol. The second-order valence-corrected chi connectivity index (χ2v) is 5.23. The van der Waals surface area contributed by atoms with Gasteiger partial charge in [0, 0.05) is 11.4 Å². The average Bonchev–Trinajstić information content (AvgIpc) is 2.87. The van der Waals surface area contributed by atoms with Crippen LogP contribution in [0.4, 0.5) is 0 Å². The quantitative estimate of drug-likeness (QED) is 0.400. The summed E-state index contributed by atoms with van der Waals surface area (Å²) in [4.78, 5) is 0. The third kappa shape index (κ3) is 6.23. The number of hydrogen-bond acceptors (Lipinski definition) is 3. The molecule has 1 fully saturated rings. The Morgan fingerprint density at radius 2 is 1.82 bits per heavy atom. The van der Waals surface area contributed by atoms with Crippen molar-refractivity contribution in [2.45, 2.75) is 53.9 Å². The zero-order valence-corrected chi connectivity index (χ0v) is 11.9. The lowest BCUT2D eigenvalue weighted by atomic mass is 10.0. The van der Waals surface area contributed by atoms with Gasteiger partial charge < -0.3 is 11.2 Å². The first-order valence-electron chi connectivity index (χ1n) is 6.14. The molecule has 0 bridgehead atoms. The molecule has 0 aromatic carbocycles. The van der Waals surface area contributed by atoms with Gasteiger partial charge in [-0.3, -0.25) is 5.84 Å². The van der Waals surface area contributed by atoms with Crippen LogP contribution < -0.4 is 17.0 Å². The van der Waals surface area contributed by atoms with Crippen molar-refractivity contribution in [3.05, 3.63) is 11.4 Å². The van der Waals surface area contributed by atoms with E-state index >= 15 is 0 Å². The molecule has 1 saturated carbocycles. The van der Waals surface area contributed by atoms with Crippen molar-refractivity contribution in [3.63, 3.8) is 0 Å². The van der Waals surface area contributed by atoms with Crippen molar-refractivity contribution >= 4 is 0 Å². The molecule has 0 aliphatic heterocycles. The van der Waals surface area contributed by atoms with Gasteiger partial charge in [0.05, 0.1) is 0 Å². The topological polar surface area (TPSA) is 64.1 Å². The molecule has 0 aromatic heterocycles. The molecular formula is C14H27N3. The summed E-state index contributed by atoms with van der Waals surface area (Å²) in [5.41, 5.74) is 10.7. The molecule has 17 heavy (non-hydrogen) atoms. The summed E-state index contributed by atoms with van der Waals surface area (Å²) in [7, 11) is 0. The van der Waals surface area contributed by atoms with Gasteiger partial charge in [0.25, 0.3) is 0 Å². The standard InChI is InChI=1S/C10H21N3.C4H6/c1-7(11)9(13-12)5-4-8-6-10(8,2)3;1-3-4-2/h8,13H,4-6,11-12H2,1-3H3;1-2H3/b9-7-;. The third-order valence-electron chi connectivity index (χ3n) is 3.36. The molecular weight excluding hydrogens is 210 g/mol. The molecule has 5 N–H and O–H groups in total. The van der Waals surface area contributed by atoms with E-state index in [1.807, 2.05) is 20.8 Å². The maximum absolute atomic E-state index is 5.66. The Balaban J connectivity index is 0.000000557. The first-order chi connectivity index (χ1) is 7.88. The number of nitrogens with one attached hydrogen (secondary N) is 1. The van der Waals surface area contributed by atoms with Crippen molar-refractivity contribution in [2.75, 3.05) is 0 Å². The maximum Gasteiger partial charge on any atom is 0.0443 e. The van der Waals surface area contributed by atoms with Crippen molar-refractivity contribution in [2.24, 2.45) is 22.9 Å². The highest BCUT2D eigenvalue weighted by Gasteiger charge is 2.44. The van der Waals surface area contributed by atoms with Crippen LogP contribution in [0.25, 0.3) is 0 Å². The van der Waals surface area contributed by atoms with E-state index < -0.39 is 0 Å². The van der Waals surface area contributed by atoms with Gasteiger partial charge in [0.1, 0.15) is 0 Å². The summed E-state index contributed by atoms with van der Waals surface area (Å²) in [6, 6.07) is 0. The van der Waals surface area contributed by atoms with Gasteiger partial charge in [-0.2, -0.15) is 0 Å². The van der Waals surface area contributed by atoms with Crippen LogP contribution in [-0.2, 0) is 0 Å². The number of rotatable bonds is 4. The molecule has 1 atom stereocenters. The molecule has 0 amide bonds. The molecule has 0 heterocycles. The van der Waals surface area contributed by atoms with E-state index in [1.54, 1.807) is 0 Å². The van der Waals surface area contributed by atoms with Crippen LogP contribution in [0.1, 0.15) is 53.9 Å². The van der Waals surface area contributed by atoms with Crippen molar-refractivity contribution in [1.29, 1.82) is 0 Å². The Kier molecular flexibility index (Phi) is 6.75. The monoisotopic (exact) mass is 237 g/mol. The lowest BCUT2D eigenvalue weighted by molar-refractivity contribution is 0.524. The van der Waals surface area contributed by atoms with Gasteiger partial charge in [-0.1, -0.05) is 13.8 Å². The SMILES string of the molecule is C/C(N)=C(\CCC1CC1(C)C)NN.CC#CC. The van der Waals surface area contributed by atoms with E-state index in [1.165, 1.54) is 12.8 Å². The molecule has 0 spiro atoms. The number of hydrogen-bond donors (Lipinski definition) is 3. The summed E-state index contributed by atoms with van der Waals surface area (Å²) in [5.74, 6) is 11.6. The van der Waals surface area contributed by atoms with Gasteiger partial charge >= 0.3 is 0 Å². The van der Waals surface area contributed by atoms with E-state index in [2.05, 4.69) is 31.1 Å². The van der Waals surface area contributed by atoms with Crippen molar-refractivity contribution in [3.8, 4) is 11.8 Å². The highest BCUT2D eigenvalue weighted by atomic mass is 15.2. The second kappa shape index (κ2) is 7.24. The smallest absolute Gasteiger partial charge is 0.0443 e. The summed E-state index contributed by atoms with van der Waals surface area (Å²) >= 11 is 0. The van der Waals surface area contributed by atoms with Crippen molar-refractivity contribution in [1.82, 2.24) is 5.43 Å². The first-order valence-corrected chi connectivity index (χ1v) is 6.14. The fraction of sp³-hybridized carbons (Fsp3) is 0.714. The van der Waals surface area contributed by atoms with Crippen LogP contribution in [0.5, 0.6) is 0 Å². The third-order valence-corrected chi connectivity index (χ3v) is 3.36. The minimum absolute atomic E-state index is 0.558. The normalized spacial score (nSPS) is 21.2. The minimum Gasteiger partial charge on any atom is -0.401 e. The van der Waals surface area contributed by atoms with E-state index in [0.29, 0.717) is 5.41 Å². The molecule has 3 heteroatoms. The molecule has 0 aromatic rings. The molecule has 1 aliphatic rings. The predicted molar refractivity (Wildman–Crippen MR) is 74.5 cm³/mol. The molecule has 1 aliphatic carbocycles. The molecule has 1 unspecified atom stereocenters. The Labute approximate surface area is 106 Å². The first kappa shape index (κ1) is 15.9. The number of allylic oxidation sites excluding steroid dienone is 2. The molecule has 0 saturated heterocycles. The summed E-state index contributed by atoms with van der Waals surface area (Å²) in [6.07, 6.45) is 3.52. The van der Waals surface area contributed by atoms with Crippen LogP contribution in [0.3, 0.4) is 0 Å². The van der Waals surface area contributed by atoms with Crippen molar-refractivity contribution < 1.29 is 0 Å². The van der Waals surface area contributed by atoms with Gasteiger partial charge in [-0.25, -0.2) is 0 Å². The largest absolute Gasteiger partial charge is 0.401 e. The van der Waals surface area contributed by atoms with E-state index in [4.69, 9.17) is 11.6 Å². The molecule has 98 valence electrons. The Morgan fingerprint density at radius 1 is 1.35 bits per heavy atom. The van der Waals surface area contributed by atoms with E-state index in [0.717, 1.165) is 23.7 Å². The van der Waals surface area contributed by atoms with Crippen LogP contribution >= 0.6 is 0 Å².